The second kappa shape index (κ2) is 5.13. The molecule has 1 aliphatic rings. The van der Waals surface area contributed by atoms with Gasteiger partial charge in [-0.15, -0.1) is 0 Å². The van der Waals surface area contributed by atoms with Crippen LogP contribution in [0.3, 0.4) is 0 Å². The van der Waals surface area contributed by atoms with E-state index in [1.165, 1.54) is 12.8 Å². The third kappa shape index (κ3) is 2.96. The Morgan fingerprint density at radius 2 is 1.86 bits per heavy atom. The van der Waals surface area contributed by atoms with E-state index in [0.717, 1.165) is 18.5 Å². The number of likely N-dealkylation sites (N-methyl/N-ethyl adjacent to an activating group) is 1. The number of hydrogen-bond acceptors (Lipinski definition) is 2. The normalized spacial score (nSPS) is 31.1. The van der Waals surface area contributed by atoms with Crippen molar-refractivity contribution < 1.29 is 0 Å². The van der Waals surface area contributed by atoms with E-state index in [4.69, 9.17) is 0 Å². The lowest BCUT2D eigenvalue weighted by atomic mass is 9.97. The van der Waals surface area contributed by atoms with E-state index in [0.29, 0.717) is 12.1 Å². The zero-order valence-corrected chi connectivity index (χ0v) is 10.4. The maximum absolute atomic E-state index is 3.57. The Bertz CT molecular complexity index is 160. The van der Waals surface area contributed by atoms with Crippen LogP contribution in [0.5, 0.6) is 0 Å². The van der Waals surface area contributed by atoms with Crippen molar-refractivity contribution in [2.45, 2.75) is 58.7 Å². The summed E-state index contributed by atoms with van der Waals surface area (Å²) in [4.78, 5) is 2.55. The van der Waals surface area contributed by atoms with Gasteiger partial charge < -0.3 is 5.32 Å². The first-order valence-corrected chi connectivity index (χ1v) is 5.97. The van der Waals surface area contributed by atoms with Gasteiger partial charge in [-0.3, -0.25) is 4.90 Å². The van der Waals surface area contributed by atoms with E-state index >= 15 is 0 Å². The van der Waals surface area contributed by atoms with Crippen LogP contribution in [0.1, 0.15) is 40.5 Å². The Morgan fingerprint density at radius 3 is 2.29 bits per heavy atom. The minimum Gasteiger partial charge on any atom is -0.313 e. The third-order valence-corrected chi connectivity index (χ3v) is 3.82. The minimum atomic E-state index is 0.690. The van der Waals surface area contributed by atoms with Crippen LogP contribution in [-0.2, 0) is 0 Å². The zero-order valence-electron chi connectivity index (χ0n) is 10.4. The van der Waals surface area contributed by atoms with Crippen LogP contribution in [-0.4, -0.2) is 36.6 Å². The molecule has 1 aliphatic heterocycles. The van der Waals surface area contributed by atoms with Crippen LogP contribution in [0.2, 0.25) is 0 Å². The molecule has 2 nitrogen and oxygen atoms in total. The van der Waals surface area contributed by atoms with Crippen LogP contribution in [0, 0.1) is 5.92 Å². The van der Waals surface area contributed by atoms with Gasteiger partial charge in [0.2, 0.25) is 0 Å². The molecule has 0 amide bonds. The first-order valence-electron chi connectivity index (χ1n) is 5.97. The molecule has 1 heterocycles. The van der Waals surface area contributed by atoms with Crippen LogP contribution >= 0.6 is 0 Å². The Balaban J connectivity index is 2.41. The number of nitrogens with zero attached hydrogens (tertiary/aromatic N) is 1. The zero-order chi connectivity index (χ0) is 10.7. The van der Waals surface area contributed by atoms with E-state index in [-0.39, 0.29) is 0 Å². The van der Waals surface area contributed by atoms with Gasteiger partial charge in [0, 0.05) is 24.7 Å². The van der Waals surface area contributed by atoms with Crippen LogP contribution in [0.4, 0.5) is 0 Å². The monoisotopic (exact) mass is 198 g/mol. The SMILES string of the molecule is CC1CCC(N(C)C(C)C(C)C)CN1. The van der Waals surface area contributed by atoms with E-state index in [9.17, 15) is 0 Å². The van der Waals surface area contributed by atoms with Crippen molar-refractivity contribution in [3.63, 3.8) is 0 Å². The van der Waals surface area contributed by atoms with Gasteiger partial charge in [-0.2, -0.15) is 0 Å². The lowest BCUT2D eigenvalue weighted by Gasteiger charge is -2.39. The van der Waals surface area contributed by atoms with Gasteiger partial charge in [-0.25, -0.2) is 0 Å². The molecule has 1 N–H and O–H groups in total. The number of rotatable bonds is 3. The van der Waals surface area contributed by atoms with Crippen molar-refractivity contribution in [1.82, 2.24) is 10.2 Å². The average molecular weight is 198 g/mol. The molecule has 1 saturated heterocycles. The summed E-state index contributed by atoms with van der Waals surface area (Å²) in [5, 5.41) is 3.57. The molecule has 0 aromatic heterocycles. The van der Waals surface area contributed by atoms with Crippen LogP contribution in [0.25, 0.3) is 0 Å². The maximum atomic E-state index is 3.57. The van der Waals surface area contributed by atoms with Crippen LogP contribution in [0.15, 0.2) is 0 Å². The first-order chi connectivity index (χ1) is 6.52. The molecule has 1 fully saturated rings. The van der Waals surface area contributed by atoms with Crippen molar-refractivity contribution in [1.29, 1.82) is 0 Å². The highest BCUT2D eigenvalue weighted by Gasteiger charge is 2.25. The molecular weight excluding hydrogens is 172 g/mol. The molecule has 0 bridgehead atoms. The molecule has 3 unspecified atom stereocenters. The molecule has 3 atom stereocenters. The molecule has 0 aromatic carbocycles. The highest BCUT2D eigenvalue weighted by molar-refractivity contribution is 4.83. The maximum Gasteiger partial charge on any atom is 0.0221 e. The summed E-state index contributed by atoms with van der Waals surface area (Å²) in [6, 6.07) is 2.15. The summed E-state index contributed by atoms with van der Waals surface area (Å²) in [5.41, 5.74) is 0. The molecule has 14 heavy (non-hydrogen) atoms. The summed E-state index contributed by atoms with van der Waals surface area (Å²) < 4.78 is 0. The van der Waals surface area contributed by atoms with Crippen molar-refractivity contribution in [3.05, 3.63) is 0 Å². The number of hydrogen-bond donors (Lipinski definition) is 1. The molecule has 84 valence electrons. The standard InChI is InChI=1S/C12H26N2/c1-9(2)11(4)14(5)12-7-6-10(3)13-8-12/h9-13H,6-8H2,1-5H3. The van der Waals surface area contributed by atoms with Crippen molar-refractivity contribution in [3.8, 4) is 0 Å². The Morgan fingerprint density at radius 1 is 1.21 bits per heavy atom. The van der Waals surface area contributed by atoms with Gasteiger partial charge in [-0.1, -0.05) is 13.8 Å². The summed E-state index contributed by atoms with van der Waals surface area (Å²) in [5.74, 6) is 0.749. The van der Waals surface area contributed by atoms with Crippen molar-refractivity contribution in [2.75, 3.05) is 13.6 Å². The lowest BCUT2D eigenvalue weighted by molar-refractivity contribution is 0.118. The summed E-state index contributed by atoms with van der Waals surface area (Å²) in [7, 11) is 2.27. The largest absolute Gasteiger partial charge is 0.313 e. The topological polar surface area (TPSA) is 15.3 Å². The quantitative estimate of drug-likeness (QED) is 0.747. The highest BCUT2D eigenvalue weighted by Crippen LogP contribution is 2.17. The van der Waals surface area contributed by atoms with Gasteiger partial charge in [0.05, 0.1) is 0 Å². The van der Waals surface area contributed by atoms with Crippen molar-refractivity contribution >= 4 is 0 Å². The van der Waals surface area contributed by atoms with E-state index in [1.807, 2.05) is 0 Å². The van der Waals surface area contributed by atoms with Gasteiger partial charge in [0.1, 0.15) is 0 Å². The van der Waals surface area contributed by atoms with E-state index in [1.54, 1.807) is 0 Å². The van der Waals surface area contributed by atoms with Gasteiger partial charge in [0.15, 0.2) is 0 Å². The predicted octanol–water partition coefficient (Wildman–Crippen LogP) is 2.10. The molecule has 0 spiro atoms. The van der Waals surface area contributed by atoms with Crippen LogP contribution < -0.4 is 5.32 Å². The minimum absolute atomic E-state index is 0.690. The second-order valence-electron chi connectivity index (χ2n) is 5.19. The van der Waals surface area contributed by atoms with Gasteiger partial charge in [0.25, 0.3) is 0 Å². The molecule has 2 heteroatoms. The van der Waals surface area contributed by atoms with Gasteiger partial charge >= 0.3 is 0 Å². The predicted molar refractivity (Wildman–Crippen MR) is 62.5 cm³/mol. The Kier molecular flexibility index (Phi) is 4.39. The molecule has 0 aromatic rings. The number of nitrogens with one attached hydrogen (secondary N) is 1. The molecule has 0 saturated carbocycles. The van der Waals surface area contributed by atoms with Gasteiger partial charge in [-0.05, 0) is 39.7 Å². The second-order valence-corrected chi connectivity index (χ2v) is 5.19. The summed E-state index contributed by atoms with van der Waals surface area (Å²) >= 11 is 0. The lowest BCUT2D eigenvalue weighted by Crippen LogP contribution is -2.51. The fourth-order valence-corrected chi connectivity index (χ4v) is 2.13. The average Bonchev–Trinajstić information content (AvgIpc) is 2.16. The van der Waals surface area contributed by atoms with E-state index < -0.39 is 0 Å². The molecular formula is C12H26N2. The molecule has 0 radical (unpaired) electrons. The number of piperidine rings is 1. The fraction of sp³-hybridized carbons (Fsp3) is 1.00. The summed E-state index contributed by atoms with van der Waals surface area (Å²) in [6.07, 6.45) is 2.67. The molecule has 1 rings (SSSR count). The Labute approximate surface area is 89.1 Å². The van der Waals surface area contributed by atoms with Crippen molar-refractivity contribution in [2.24, 2.45) is 5.92 Å². The third-order valence-electron chi connectivity index (χ3n) is 3.82. The summed E-state index contributed by atoms with van der Waals surface area (Å²) in [6.45, 7) is 10.4. The van der Waals surface area contributed by atoms with E-state index in [2.05, 4.69) is 45.0 Å². The highest BCUT2D eigenvalue weighted by atomic mass is 15.2. The fourth-order valence-electron chi connectivity index (χ4n) is 2.13. The molecule has 0 aliphatic carbocycles. The first kappa shape index (κ1) is 12.0. The Hall–Kier alpha value is -0.0800. The smallest absolute Gasteiger partial charge is 0.0221 e.